The van der Waals surface area contributed by atoms with Gasteiger partial charge in [-0.1, -0.05) is 13.0 Å². The standard InChI is InChI=1S/C20H20N4O4/c1-3-11-28-19(26)14-5-4-6-15(12-14)21-20-22-18(25)17(23-24-20)13-7-9-16(27-2)10-8-13/h4-10,12H,3,11H2,1-2H3,(H2,21,22,24,25). The minimum atomic E-state index is -0.403. The number of benzene rings is 2. The van der Waals surface area contributed by atoms with Gasteiger partial charge >= 0.3 is 5.97 Å². The van der Waals surface area contributed by atoms with Gasteiger partial charge in [0.1, 0.15) is 5.75 Å². The number of hydrogen-bond donors (Lipinski definition) is 2. The minimum Gasteiger partial charge on any atom is -0.497 e. The van der Waals surface area contributed by atoms with E-state index in [4.69, 9.17) is 9.47 Å². The van der Waals surface area contributed by atoms with Gasteiger partial charge in [-0.3, -0.25) is 9.78 Å². The number of carbonyl (C=O) groups is 1. The Labute approximate surface area is 161 Å². The highest BCUT2D eigenvalue weighted by molar-refractivity contribution is 5.90. The molecule has 2 aromatic carbocycles. The number of hydrogen-bond acceptors (Lipinski definition) is 7. The van der Waals surface area contributed by atoms with Crippen molar-refractivity contribution in [3.63, 3.8) is 0 Å². The Bertz CT molecular complexity index is 1020. The number of nitrogens with zero attached hydrogens (tertiary/aromatic N) is 2. The lowest BCUT2D eigenvalue weighted by atomic mass is 10.1. The van der Waals surface area contributed by atoms with E-state index < -0.39 is 5.97 Å². The summed E-state index contributed by atoms with van der Waals surface area (Å²) in [6.07, 6.45) is 0.751. The van der Waals surface area contributed by atoms with E-state index in [-0.39, 0.29) is 17.2 Å². The quantitative estimate of drug-likeness (QED) is 0.606. The Kier molecular flexibility index (Phi) is 6.01. The maximum Gasteiger partial charge on any atom is 0.338 e. The van der Waals surface area contributed by atoms with E-state index >= 15 is 0 Å². The highest BCUT2D eigenvalue weighted by Gasteiger charge is 2.10. The van der Waals surface area contributed by atoms with Gasteiger partial charge < -0.3 is 14.8 Å². The zero-order chi connectivity index (χ0) is 19.9. The Balaban J connectivity index is 1.77. The van der Waals surface area contributed by atoms with Crippen molar-refractivity contribution < 1.29 is 14.3 Å². The molecule has 1 aromatic heterocycles. The van der Waals surface area contributed by atoms with E-state index in [1.165, 1.54) is 0 Å². The highest BCUT2D eigenvalue weighted by atomic mass is 16.5. The van der Waals surface area contributed by atoms with Crippen LogP contribution in [-0.4, -0.2) is 34.9 Å². The molecule has 0 aliphatic rings. The molecule has 0 amide bonds. The second kappa shape index (κ2) is 8.81. The second-order valence-corrected chi connectivity index (χ2v) is 5.92. The summed E-state index contributed by atoms with van der Waals surface area (Å²) in [6.45, 7) is 2.29. The summed E-state index contributed by atoms with van der Waals surface area (Å²) in [5.74, 6) is 0.449. The van der Waals surface area contributed by atoms with Crippen LogP contribution in [0.2, 0.25) is 0 Å². The molecule has 0 saturated heterocycles. The molecule has 0 unspecified atom stereocenters. The molecule has 2 N–H and O–H groups in total. The third-order valence-corrected chi connectivity index (χ3v) is 3.86. The van der Waals surface area contributed by atoms with Crippen LogP contribution in [0.5, 0.6) is 5.75 Å². The van der Waals surface area contributed by atoms with Gasteiger partial charge in [0, 0.05) is 11.3 Å². The molecule has 0 radical (unpaired) electrons. The number of aromatic nitrogens is 3. The molecular formula is C20H20N4O4. The fourth-order valence-electron chi connectivity index (χ4n) is 2.47. The van der Waals surface area contributed by atoms with Crippen LogP contribution in [0.4, 0.5) is 11.6 Å². The molecular weight excluding hydrogens is 360 g/mol. The Hall–Kier alpha value is -3.68. The normalized spacial score (nSPS) is 10.4. The van der Waals surface area contributed by atoms with Crippen molar-refractivity contribution in [3.05, 3.63) is 64.4 Å². The first-order chi connectivity index (χ1) is 13.6. The van der Waals surface area contributed by atoms with Crippen LogP contribution < -0.4 is 15.6 Å². The number of aromatic amines is 1. The predicted molar refractivity (Wildman–Crippen MR) is 105 cm³/mol. The van der Waals surface area contributed by atoms with Gasteiger partial charge in [-0.15, -0.1) is 10.2 Å². The van der Waals surface area contributed by atoms with E-state index in [2.05, 4.69) is 20.5 Å². The maximum atomic E-state index is 12.4. The van der Waals surface area contributed by atoms with Crippen molar-refractivity contribution in [3.8, 4) is 17.0 Å². The summed E-state index contributed by atoms with van der Waals surface area (Å²) in [4.78, 5) is 27.0. The van der Waals surface area contributed by atoms with E-state index in [1.54, 1.807) is 55.6 Å². The first-order valence-electron chi connectivity index (χ1n) is 8.76. The lowest BCUT2D eigenvalue weighted by Gasteiger charge is -2.08. The zero-order valence-corrected chi connectivity index (χ0v) is 15.6. The molecule has 144 valence electrons. The van der Waals surface area contributed by atoms with Crippen molar-refractivity contribution in [2.75, 3.05) is 19.0 Å². The molecule has 0 atom stereocenters. The monoisotopic (exact) mass is 380 g/mol. The van der Waals surface area contributed by atoms with Gasteiger partial charge in [0.25, 0.3) is 5.56 Å². The first kappa shape index (κ1) is 19.1. The van der Waals surface area contributed by atoms with E-state index in [1.807, 2.05) is 6.92 Å². The molecule has 0 saturated carbocycles. The minimum absolute atomic E-state index is 0.168. The average Bonchev–Trinajstić information content (AvgIpc) is 2.72. The maximum absolute atomic E-state index is 12.4. The summed E-state index contributed by atoms with van der Waals surface area (Å²) in [6, 6.07) is 13.7. The number of carbonyl (C=O) groups excluding carboxylic acids is 1. The molecule has 8 nitrogen and oxygen atoms in total. The summed E-state index contributed by atoms with van der Waals surface area (Å²) in [7, 11) is 1.57. The topological polar surface area (TPSA) is 106 Å². The largest absolute Gasteiger partial charge is 0.497 e. The molecule has 0 aliphatic carbocycles. The molecule has 8 heteroatoms. The number of nitrogens with one attached hydrogen (secondary N) is 2. The van der Waals surface area contributed by atoms with E-state index in [0.717, 1.165) is 6.42 Å². The Morgan fingerprint density at radius 1 is 1.14 bits per heavy atom. The van der Waals surface area contributed by atoms with Crippen molar-refractivity contribution >= 4 is 17.6 Å². The number of H-pyrrole nitrogens is 1. The van der Waals surface area contributed by atoms with Crippen LogP contribution in [0.15, 0.2) is 53.3 Å². The third-order valence-electron chi connectivity index (χ3n) is 3.86. The summed E-state index contributed by atoms with van der Waals surface area (Å²) >= 11 is 0. The van der Waals surface area contributed by atoms with Crippen molar-refractivity contribution in [2.45, 2.75) is 13.3 Å². The van der Waals surface area contributed by atoms with Gasteiger partial charge in [0.15, 0.2) is 5.69 Å². The molecule has 3 aromatic rings. The molecule has 3 rings (SSSR count). The van der Waals surface area contributed by atoms with Crippen molar-refractivity contribution in [1.29, 1.82) is 0 Å². The molecule has 1 heterocycles. The smallest absolute Gasteiger partial charge is 0.338 e. The molecule has 28 heavy (non-hydrogen) atoms. The third kappa shape index (κ3) is 4.53. The zero-order valence-electron chi connectivity index (χ0n) is 15.6. The van der Waals surface area contributed by atoms with Crippen LogP contribution in [0, 0.1) is 0 Å². The van der Waals surface area contributed by atoms with Gasteiger partial charge in [0.2, 0.25) is 5.95 Å². The molecule has 0 spiro atoms. The van der Waals surface area contributed by atoms with Crippen LogP contribution in [0.1, 0.15) is 23.7 Å². The van der Waals surface area contributed by atoms with Gasteiger partial charge in [-0.25, -0.2) is 4.79 Å². The number of rotatable bonds is 7. The fraction of sp³-hybridized carbons (Fsp3) is 0.200. The summed E-state index contributed by atoms with van der Waals surface area (Å²) < 4.78 is 10.2. The molecule has 0 fully saturated rings. The van der Waals surface area contributed by atoms with Crippen LogP contribution >= 0.6 is 0 Å². The average molecular weight is 380 g/mol. The van der Waals surface area contributed by atoms with E-state index in [9.17, 15) is 9.59 Å². The van der Waals surface area contributed by atoms with Crippen LogP contribution in [-0.2, 0) is 4.74 Å². The number of esters is 1. The Morgan fingerprint density at radius 3 is 2.61 bits per heavy atom. The molecule has 0 bridgehead atoms. The van der Waals surface area contributed by atoms with Crippen LogP contribution in [0.25, 0.3) is 11.3 Å². The number of methoxy groups -OCH3 is 1. The van der Waals surface area contributed by atoms with Crippen molar-refractivity contribution in [1.82, 2.24) is 15.2 Å². The van der Waals surface area contributed by atoms with Crippen LogP contribution in [0.3, 0.4) is 0 Å². The summed E-state index contributed by atoms with van der Waals surface area (Å²) in [5, 5.41) is 11.0. The van der Waals surface area contributed by atoms with Crippen molar-refractivity contribution in [2.24, 2.45) is 0 Å². The lowest BCUT2D eigenvalue weighted by Crippen LogP contribution is -2.15. The summed E-state index contributed by atoms with van der Waals surface area (Å²) in [5.41, 5.74) is 1.42. The van der Waals surface area contributed by atoms with Gasteiger partial charge in [-0.2, -0.15) is 0 Å². The fourth-order valence-corrected chi connectivity index (χ4v) is 2.47. The first-order valence-corrected chi connectivity index (χ1v) is 8.76. The predicted octanol–water partition coefficient (Wildman–Crippen LogP) is 3.15. The highest BCUT2D eigenvalue weighted by Crippen LogP contribution is 2.19. The lowest BCUT2D eigenvalue weighted by molar-refractivity contribution is 0.0505. The number of anilines is 2. The Morgan fingerprint density at radius 2 is 1.93 bits per heavy atom. The SMILES string of the molecule is CCCOC(=O)c1cccc(Nc2nnc(-c3ccc(OC)cc3)c(=O)[nH]2)c1. The van der Waals surface area contributed by atoms with Gasteiger partial charge in [0.05, 0.1) is 19.3 Å². The second-order valence-electron chi connectivity index (χ2n) is 5.92. The van der Waals surface area contributed by atoms with E-state index in [0.29, 0.717) is 29.2 Å². The number of ether oxygens (including phenoxy) is 2. The molecule has 0 aliphatic heterocycles. The van der Waals surface area contributed by atoms with Gasteiger partial charge in [-0.05, 0) is 48.9 Å².